The highest BCUT2D eigenvalue weighted by Crippen LogP contribution is 2.21. The molecule has 0 spiro atoms. The number of carbonyl (C=O) groups excluding carboxylic acids is 2. The molecule has 4 aromatic rings. The van der Waals surface area contributed by atoms with Crippen molar-refractivity contribution < 1.29 is 9.59 Å². The van der Waals surface area contributed by atoms with Gasteiger partial charge in [-0.05, 0) is 37.1 Å². The van der Waals surface area contributed by atoms with E-state index >= 15 is 0 Å². The molecule has 0 atom stereocenters. The van der Waals surface area contributed by atoms with Crippen molar-refractivity contribution in [3.63, 3.8) is 0 Å². The topological polar surface area (TPSA) is 81.1 Å². The van der Waals surface area contributed by atoms with Gasteiger partial charge in [0.1, 0.15) is 0 Å². The number of aryl methyl sites for hydroxylation is 1. The molecule has 1 aromatic heterocycles. The minimum Gasteiger partial charge on any atom is -0.352 e. The monoisotopic (exact) mass is 485 g/mol. The van der Waals surface area contributed by atoms with E-state index in [0.29, 0.717) is 40.3 Å². The fraction of sp³-hybridized carbons (Fsp3) is 0.214. The van der Waals surface area contributed by atoms with Crippen LogP contribution in [0, 0.1) is 6.92 Å². The van der Waals surface area contributed by atoms with Crippen LogP contribution in [0.5, 0.6) is 0 Å². The number of benzene rings is 3. The normalized spacial score (nSPS) is 10.9. The number of hydrogen-bond acceptors (Lipinski definition) is 5. The summed E-state index contributed by atoms with van der Waals surface area (Å²) in [6.45, 7) is 4.91. The van der Waals surface area contributed by atoms with Gasteiger partial charge in [-0.15, -0.1) is 0 Å². The van der Waals surface area contributed by atoms with E-state index < -0.39 is 0 Å². The number of nitrogens with one attached hydrogen (secondary N) is 1. The molecule has 1 heterocycles. The predicted octanol–water partition coefficient (Wildman–Crippen LogP) is 4.87. The average molecular weight is 486 g/mol. The molecular formula is C28H27N3O3S. The molecule has 1 amide bonds. The molecule has 3 aromatic carbocycles. The van der Waals surface area contributed by atoms with Gasteiger partial charge < -0.3 is 5.32 Å². The molecule has 4 rings (SSSR count). The van der Waals surface area contributed by atoms with Crippen LogP contribution in [-0.4, -0.2) is 33.5 Å². The molecule has 0 radical (unpaired) electrons. The minimum atomic E-state index is -0.203. The molecule has 7 heteroatoms. The molecule has 6 nitrogen and oxygen atoms in total. The number of thioether (sulfide) groups is 1. The Morgan fingerprint density at radius 2 is 1.71 bits per heavy atom. The molecule has 0 fully saturated rings. The maximum absolute atomic E-state index is 13.5. The second-order valence-electron chi connectivity index (χ2n) is 8.34. The van der Waals surface area contributed by atoms with Crippen molar-refractivity contribution in [2.75, 3.05) is 12.3 Å². The van der Waals surface area contributed by atoms with Crippen molar-refractivity contribution >= 4 is 34.4 Å². The first-order valence-corrected chi connectivity index (χ1v) is 12.5. The van der Waals surface area contributed by atoms with Crippen molar-refractivity contribution in [2.45, 2.75) is 32.0 Å². The maximum atomic E-state index is 13.5. The number of rotatable bonds is 9. The number of amides is 1. The summed E-state index contributed by atoms with van der Waals surface area (Å²) >= 11 is 1.23. The van der Waals surface area contributed by atoms with Gasteiger partial charge in [0.15, 0.2) is 10.9 Å². The molecule has 0 bridgehead atoms. The lowest BCUT2D eigenvalue weighted by atomic mass is 10.1. The molecule has 0 aliphatic carbocycles. The highest BCUT2D eigenvalue weighted by atomic mass is 32.2. The standard InChI is InChI=1S/C28H27N3O3S/c1-3-15-29-26(33)22-13-14-23-24(16-22)30-28(35-18-25(32)21-7-5-4-6-8-21)31(27(23)34)17-20-11-9-19(2)10-12-20/h4-14,16H,3,15,17-18H2,1-2H3,(H,29,33). The summed E-state index contributed by atoms with van der Waals surface area (Å²) in [6, 6.07) is 22.0. The third-order valence-corrected chi connectivity index (χ3v) is 6.58. The van der Waals surface area contributed by atoms with Crippen LogP contribution in [0.1, 0.15) is 45.2 Å². The van der Waals surface area contributed by atoms with Crippen molar-refractivity contribution in [3.8, 4) is 0 Å². The first-order valence-electron chi connectivity index (χ1n) is 11.6. The van der Waals surface area contributed by atoms with Gasteiger partial charge in [-0.3, -0.25) is 19.0 Å². The summed E-state index contributed by atoms with van der Waals surface area (Å²) in [4.78, 5) is 43.4. The Bertz CT molecular complexity index is 1410. The number of nitrogens with zero attached hydrogens (tertiary/aromatic N) is 2. The molecule has 0 saturated heterocycles. The van der Waals surface area contributed by atoms with E-state index in [0.717, 1.165) is 17.5 Å². The van der Waals surface area contributed by atoms with Gasteiger partial charge >= 0.3 is 0 Å². The highest BCUT2D eigenvalue weighted by molar-refractivity contribution is 7.99. The Balaban J connectivity index is 1.72. The van der Waals surface area contributed by atoms with E-state index in [1.807, 2.05) is 56.3 Å². The fourth-order valence-electron chi connectivity index (χ4n) is 3.65. The van der Waals surface area contributed by atoms with E-state index in [2.05, 4.69) is 5.32 Å². The average Bonchev–Trinajstić information content (AvgIpc) is 2.89. The number of aromatic nitrogens is 2. The lowest BCUT2D eigenvalue weighted by molar-refractivity contribution is 0.0953. The maximum Gasteiger partial charge on any atom is 0.262 e. The minimum absolute atomic E-state index is 0.0421. The van der Waals surface area contributed by atoms with Crippen LogP contribution in [0.3, 0.4) is 0 Å². The number of ketones is 1. The number of hydrogen-bond donors (Lipinski definition) is 1. The summed E-state index contributed by atoms with van der Waals surface area (Å²) in [7, 11) is 0. The van der Waals surface area contributed by atoms with Crippen LogP contribution in [0.25, 0.3) is 10.9 Å². The lowest BCUT2D eigenvalue weighted by Gasteiger charge is -2.14. The summed E-state index contributed by atoms with van der Waals surface area (Å²) in [5, 5.41) is 3.73. The van der Waals surface area contributed by atoms with Crippen LogP contribution in [-0.2, 0) is 6.54 Å². The van der Waals surface area contributed by atoms with Gasteiger partial charge in [-0.1, -0.05) is 78.8 Å². The molecule has 0 aliphatic rings. The number of fused-ring (bicyclic) bond motifs is 1. The Kier molecular flexibility index (Phi) is 7.77. The Morgan fingerprint density at radius 1 is 0.971 bits per heavy atom. The van der Waals surface area contributed by atoms with E-state index in [1.165, 1.54) is 11.8 Å². The van der Waals surface area contributed by atoms with Crippen LogP contribution in [0.4, 0.5) is 0 Å². The van der Waals surface area contributed by atoms with Crippen LogP contribution in [0.2, 0.25) is 0 Å². The Labute approximate surface area is 208 Å². The second kappa shape index (κ2) is 11.1. The van der Waals surface area contributed by atoms with Gasteiger partial charge in [-0.2, -0.15) is 0 Å². The lowest BCUT2D eigenvalue weighted by Crippen LogP contribution is -2.26. The number of Topliss-reactive ketones (excluding diaryl/α,β-unsaturated/α-hetero) is 1. The molecular weight excluding hydrogens is 458 g/mol. The first kappa shape index (κ1) is 24.4. The van der Waals surface area contributed by atoms with Gasteiger partial charge in [-0.25, -0.2) is 4.98 Å². The first-order chi connectivity index (χ1) is 17.0. The van der Waals surface area contributed by atoms with E-state index in [-0.39, 0.29) is 23.0 Å². The summed E-state index contributed by atoms with van der Waals surface area (Å²) < 4.78 is 1.60. The largest absolute Gasteiger partial charge is 0.352 e. The van der Waals surface area contributed by atoms with E-state index in [9.17, 15) is 14.4 Å². The molecule has 0 unspecified atom stereocenters. The van der Waals surface area contributed by atoms with Crippen LogP contribution >= 0.6 is 11.8 Å². The summed E-state index contributed by atoms with van der Waals surface area (Å²) in [6.07, 6.45) is 0.831. The molecule has 178 valence electrons. The van der Waals surface area contributed by atoms with E-state index in [4.69, 9.17) is 4.98 Å². The van der Waals surface area contributed by atoms with Gasteiger partial charge in [0, 0.05) is 17.7 Å². The number of carbonyl (C=O) groups is 2. The Hall–Kier alpha value is -3.71. The second-order valence-corrected chi connectivity index (χ2v) is 9.28. The third kappa shape index (κ3) is 5.87. The SMILES string of the molecule is CCCNC(=O)c1ccc2c(=O)n(Cc3ccc(C)cc3)c(SCC(=O)c3ccccc3)nc2c1. The van der Waals surface area contributed by atoms with Gasteiger partial charge in [0.2, 0.25) is 0 Å². The fourth-order valence-corrected chi connectivity index (χ4v) is 4.54. The van der Waals surface area contributed by atoms with Crippen molar-refractivity contribution in [2.24, 2.45) is 0 Å². The summed E-state index contributed by atoms with van der Waals surface area (Å²) in [5.41, 5.74) is 3.40. The van der Waals surface area contributed by atoms with Gasteiger partial charge in [0.25, 0.3) is 11.5 Å². The zero-order valence-corrected chi connectivity index (χ0v) is 20.6. The Morgan fingerprint density at radius 3 is 2.43 bits per heavy atom. The highest BCUT2D eigenvalue weighted by Gasteiger charge is 2.16. The molecule has 0 saturated carbocycles. The van der Waals surface area contributed by atoms with Crippen LogP contribution in [0.15, 0.2) is 82.7 Å². The van der Waals surface area contributed by atoms with Gasteiger partial charge in [0.05, 0.1) is 23.2 Å². The molecule has 35 heavy (non-hydrogen) atoms. The van der Waals surface area contributed by atoms with Crippen molar-refractivity contribution in [3.05, 3.63) is 105 Å². The summed E-state index contributed by atoms with van der Waals surface area (Å²) in [5.74, 6) is -0.0978. The smallest absolute Gasteiger partial charge is 0.262 e. The quantitative estimate of drug-likeness (QED) is 0.208. The zero-order valence-electron chi connectivity index (χ0n) is 19.8. The van der Waals surface area contributed by atoms with Crippen molar-refractivity contribution in [1.29, 1.82) is 0 Å². The van der Waals surface area contributed by atoms with Crippen LogP contribution < -0.4 is 10.9 Å². The third-order valence-electron chi connectivity index (χ3n) is 5.61. The predicted molar refractivity (Wildman–Crippen MR) is 140 cm³/mol. The van der Waals surface area contributed by atoms with E-state index in [1.54, 1.807) is 34.9 Å². The van der Waals surface area contributed by atoms with Crippen molar-refractivity contribution in [1.82, 2.24) is 14.9 Å². The molecule has 0 aliphatic heterocycles. The molecule has 1 N–H and O–H groups in total. The zero-order chi connectivity index (χ0) is 24.8.